The van der Waals surface area contributed by atoms with Crippen LogP contribution in [0.5, 0.6) is 0 Å². The van der Waals surface area contributed by atoms with E-state index in [-0.39, 0.29) is 24.8 Å². The largest absolute Gasteiger partial charge is 0.394 e. The number of carbonyl (C=O) groups excluding carboxylic acids is 1. The molecule has 2 aromatic carbocycles. The first kappa shape index (κ1) is 23.3. The first-order valence-electron chi connectivity index (χ1n) is 10.9. The molecular formula is C24H31ClN4O2. The van der Waals surface area contributed by atoms with Gasteiger partial charge in [0.25, 0.3) is 0 Å². The Hall–Kier alpha value is -2.41. The van der Waals surface area contributed by atoms with Crippen LogP contribution in [0.25, 0.3) is 22.2 Å². The summed E-state index contributed by atoms with van der Waals surface area (Å²) in [6, 6.07) is 11.6. The molecule has 2 N–H and O–H groups in total. The van der Waals surface area contributed by atoms with Gasteiger partial charge in [-0.1, -0.05) is 38.1 Å². The van der Waals surface area contributed by atoms with E-state index in [1.54, 1.807) is 4.68 Å². The third-order valence-electron chi connectivity index (χ3n) is 6.00. The number of ketones is 1. The number of fused-ring (bicyclic) bond motifs is 2. The van der Waals surface area contributed by atoms with Crippen LogP contribution in [0.3, 0.4) is 0 Å². The standard InChI is InChI=1S/C24H30N4O2.ClH/c1-3-27(4-2)14-8-7-13-25-19-11-12-20-22-21(19)24(30)18-10-6-5-9-17(18)23(22)26-28(20)15-16-29;/h5-6,9-12,25,29H,3-4,7-8,13-16H2,1-2H3;1H. The van der Waals surface area contributed by atoms with Gasteiger partial charge in [-0.25, -0.2) is 0 Å². The third kappa shape index (κ3) is 4.33. The van der Waals surface area contributed by atoms with Crippen molar-refractivity contribution in [2.75, 3.05) is 38.1 Å². The summed E-state index contributed by atoms with van der Waals surface area (Å²) in [6.45, 7) is 8.90. The Labute approximate surface area is 189 Å². The number of anilines is 1. The van der Waals surface area contributed by atoms with Crippen molar-refractivity contribution in [1.82, 2.24) is 14.7 Å². The van der Waals surface area contributed by atoms with E-state index in [1.165, 1.54) is 0 Å². The molecule has 0 saturated carbocycles. The van der Waals surface area contributed by atoms with E-state index in [9.17, 15) is 9.90 Å². The van der Waals surface area contributed by atoms with E-state index in [0.717, 1.165) is 66.9 Å². The van der Waals surface area contributed by atoms with Crippen LogP contribution in [-0.2, 0) is 6.54 Å². The minimum Gasteiger partial charge on any atom is -0.394 e. The van der Waals surface area contributed by atoms with Gasteiger partial charge in [0, 0.05) is 28.7 Å². The van der Waals surface area contributed by atoms with E-state index in [4.69, 9.17) is 5.10 Å². The van der Waals surface area contributed by atoms with Gasteiger partial charge in [0.05, 0.1) is 24.2 Å². The van der Waals surface area contributed by atoms with Gasteiger partial charge < -0.3 is 15.3 Å². The van der Waals surface area contributed by atoms with Crippen molar-refractivity contribution in [3.8, 4) is 11.3 Å². The lowest BCUT2D eigenvalue weighted by Gasteiger charge is -2.19. The molecule has 166 valence electrons. The molecule has 1 aliphatic carbocycles. The van der Waals surface area contributed by atoms with E-state index >= 15 is 0 Å². The molecule has 31 heavy (non-hydrogen) atoms. The van der Waals surface area contributed by atoms with Crippen molar-refractivity contribution in [1.29, 1.82) is 0 Å². The number of aliphatic hydroxyl groups is 1. The highest BCUT2D eigenvalue weighted by Gasteiger charge is 2.30. The minimum absolute atomic E-state index is 0. The molecule has 1 heterocycles. The summed E-state index contributed by atoms with van der Waals surface area (Å²) in [4.78, 5) is 15.8. The molecule has 0 amide bonds. The summed E-state index contributed by atoms with van der Waals surface area (Å²) < 4.78 is 1.80. The molecule has 0 aliphatic heterocycles. The predicted molar refractivity (Wildman–Crippen MR) is 128 cm³/mol. The van der Waals surface area contributed by atoms with Crippen LogP contribution >= 0.6 is 12.4 Å². The monoisotopic (exact) mass is 442 g/mol. The molecule has 0 fully saturated rings. The molecule has 3 aromatic rings. The van der Waals surface area contributed by atoms with Gasteiger partial charge in [0.15, 0.2) is 5.78 Å². The Morgan fingerprint density at radius 3 is 2.52 bits per heavy atom. The quantitative estimate of drug-likeness (QED) is 0.360. The summed E-state index contributed by atoms with van der Waals surface area (Å²) >= 11 is 0. The molecule has 0 atom stereocenters. The molecule has 0 bridgehead atoms. The Bertz CT molecular complexity index is 1060. The Kier molecular flexibility index (Phi) is 7.70. The second kappa shape index (κ2) is 10.3. The van der Waals surface area contributed by atoms with Gasteiger partial charge in [-0.15, -0.1) is 12.4 Å². The maximum Gasteiger partial charge on any atom is 0.196 e. The van der Waals surface area contributed by atoms with Crippen LogP contribution in [0.4, 0.5) is 5.69 Å². The molecular weight excluding hydrogens is 412 g/mol. The van der Waals surface area contributed by atoms with Gasteiger partial charge in [-0.3, -0.25) is 9.48 Å². The molecule has 1 aromatic heterocycles. The minimum atomic E-state index is 0. The number of aromatic nitrogens is 2. The normalized spacial score (nSPS) is 12.2. The molecule has 0 radical (unpaired) electrons. The lowest BCUT2D eigenvalue weighted by atomic mass is 9.86. The molecule has 0 spiro atoms. The number of unbranched alkanes of at least 4 members (excludes halogenated alkanes) is 1. The maximum atomic E-state index is 13.4. The molecule has 1 aliphatic rings. The lowest BCUT2D eigenvalue weighted by Crippen LogP contribution is -2.24. The average Bonchev–Trinajstić information content (AvgIpc) is 3.14. The third-order valence-corrected chi connectivity index (χ3v) is 6.00. The smallest absolute Gasteiger partial charge is 0.196 e. The zero-order valence-corrected chi connectivity index (χ0v) is 19.0. The van der Waals surface area contributed by atoms with Crippen LogP contribution in [0, 0.1) is 0 Å². The van der Waals surface area contributed by atoms with Crippen LogP contribution in [-0.4, -0.2) is 58.4 Å². The first-order chi connectivity index (χ1) is 14.7. The first-order valence-corrected chi connectivity index (χ1v) is 10.9. The fourth-order valence-corrected chi connectivity index (χ4v) is 4.35. The van der Waals surface area contributed by atoms with Gasteiger partial charge in [0.1, 0.15) is 5.69 Å². The molecule has 0 unspecified atom stereocenters. The van der Waals surface area contributed by atoms with Crippen LogP contribution < -0.4 is 5.32 Å². The fraction of sp³-hybridized carbons (Fsp3) is 0.417. The highest BCUT2D eigenvalue weighted by molar-refractivity contribution is 6.27. The molecule has 4 rings (SSSR count). The molecule has 0 saturated heterocycles. The summed E-state index contributed by atoms with van der Waals surface area (Å²) in [5.74, 6) is 0.0397. The van der Waals surface area contributed by atoms with Crippen molar-refractivity contribution in [2.24, 2.45) is 0 Å². The lowest BCUT2D eigenvalue weighted by molar-refractivity contribution is 0.104. The number of carbonyl (C=O) groups is 1. The number of halogens is 1. The van der Waals surface area contributed by atoms with Crippen molar-refractivity contribution in [3.05, 3.63) is 47.5 Å². The van der Waals surface area contributed by atoms with E-state index in [1.807, 2.05) is 36.4 Å². The second-order valence-electron chi connectivity index (χ2n) is 7.71. The maximum absolute atomic E-state index is 13.4. The molecule has 6 nitrogen and oxygen atoms in total. The van der Waals surface area contributed by atoms with Gasteiger partial charge >= 0.3 is 0 Å². The summed E-state index contributed by atoms with van der Waals surface area (Å²) in [5.41, 5.74) is 4.85. The summed E-state index contributed by atoms with van der Waals surface area (Å²) in [7, 11) is 0. The van der Waals surface area contributed by atoms with Gasteiger partial charge in [-0.05, 0) is 44.6 Å². The summed E-state index contributed by atoms with van der Waals surface area (Å²) in [5, 5.41) is 18.6. The summed E-state index contributed by atoms with van der Waals surface area (Å²) in [6.07, 6.45) is 2.18. The van der Waals surface area contributed by atoms with Crippen molar-refractivity contribution in [2.45, 2.75) is 33.2 Å². The van der Waals surface area contributed by atoms with E-state index in [2.05, 4.69) is 24.1 Å². The van der Waals surface area contributed by atoms with Gasteiger partial charge in [0.2, 0.25) is 0 Å². The molecule has 7 heteroatoms. The van der Waals surface area contributed by atoms with Crippen LogP contribution in [0.15, 0.2) is 36.4 Å². The van der Waals surface area contributed by atoms with Crippen LogP contribution in [0.2, 0.25) is 0 Å². The average molecular weight is 443 g/mol. The number of nitrogens with zero attached hydrogens (tertiary/aromatic N) is 3. The number of nitrogens with one attached hydrogen (secondary N) is 1. The Balaban J connectivity index is 0.00000272. The highest BCUT2D eigenvalue weighted by Crippen LogP contribution is 2.41. The topological polar surface area (TPSA) is 70.4 Å². The SMILES string of the molecule is CCN(CC)CCCCNc1ccc2c3c(nn2CCO)-c2ccccc2C(=O)c13.Cl. The van der Waals surface area contributed by atoms with E-state index in [0.29, 0.717) is 17.7 Å². The number of rotatable bonds is 10. The zero-order valence-electron chi connectivity index (χ0n) is 18.2. The predicted octanol–water partition coefficient (Wildman–Crippen LogP) is 4.20. The van der Waals surface area contributed by atoms with Crippen LogP contribution in [0.1, 0.15) is 42.6 Å². The van der Waals surface area contributed by atoms with Crippen molar-refractivity contribution < 1.29 is 9.90 Å². The second-order valence-corrected chi connectivity index (χ2v) is 7.71. The Morgan fingerprint density at radius 1 is 1.06 bits per heavy atom. The fourth-order valence-electron chi connectivity index (χ4n) is 4.35. The van der Waals surface area contributed by atoms with Gasteiger partial charge in [-0.2, -0.15) is 5.10 Å². The zero-order chi connectivity index (χ0) is 21.1. The highest BCUT2D eigenvalue weighted by atomic mass is 35.5. The van der Waals surface area contributed by atoms with Crippen molar-refractivity contribution in [3.63, 3.8) is 0 Å². The number of hydrogen-bond donors (Lipinski definition) is 2. The number of hydrogen-bond acceptors (Lipinski definition) is 5. The number of aliphatic hydroxyl groups excluding tert-OH is 1. The Morgan fingerprint density at radius 2 is 1.81 bits per heavy atom. The van der Waals surface area contributed by atoms with Crippen molar-refractivity contribution >= 4 is 34.8 Å². The van der Waals surface area contributed by atoms with E-state index < -0.39 is 0 Å². The number of benzene rings is 2.